The first-order chi connectivity index (χ1) is 7.54. The molecule has 0 spiro atoms. The van der Waals surface area contributed by atoms with Crippen LogP contribution in [0.2, 0.25) is 0 Å². The third-order valence-corrected chi connectivity index (χ3v) is 2.45. The molecule has 1 aromatic carbocycles. The minimum atomic E-state index is -0.0959. The quantitative estimate of drug-likeness (QED) is 0.756. The van der Waals surface area contributed by atoms with Crippen molar-refractivity contribution in [2.45, 2.75) is 20.0 Å². The van der Waals surface area contributed by atoms with Gasteiger partial charge in [0.1, 0.15) is 0 Å². The third kappa shape index (κ3) is 3.24. The number of benzene rings is 1. The smallest absolute Gasteiger partial charge is 0.251 e. The third-order valence-electron chi connectivity index (χ3n) is 2.45. The van der Waals surface area contributed by atoms with E-state index in [2.05, 4.69) is 5.32 Å². The molecule has 3 N–H and O–H groups in total. The highest BCUT2D eigenvalue weighted by Gasteiger charge is 2.09. The van der Waals surface area contributed by atoms with Crippen molar-refractivity contribution < 1.29 is 9.53 Å². The van der Waals surface area contributed by atoms with Gasteiger partial charge >= 0.3 is 0 Å². The van der Waals surface area contributed by atoms with Gasteiger partial charge in [0.15, 0.2) is 0 Å². The summed E-state index contributed by atoms with van der Waals surface area (Å²) in [5.74, 6) is -0.0959. The molecule has 0 heterocycles. The average molecular weight is 222 g/mol. The minimum absolute atomic E-state index is 0.0121. The van der Waals surface area contributed by atoms with Gasteiger partial charge in [-0.15, -0.1) is 0 Å². The summed E-state index contributed by atoms with van der Waals surface area (Å²) in [6.07, 6.45) is 0.0121. The number of nitrogen functional groups attached to an aromatic ring is 1. The van der Waals surface area contributed by atoms with Crippen LogP contribution in [0.4, 0.5) is 5.69 Å². The summed E-state index contributed by atoms with van der Waals surface area (Å²) >= 11 is 0. The van der Waals surface area contributed by atoms with Crippen molar-refractivity contribution in [3.63, 3.8) is 0 Å². The lowest BCUT2D eigenvalue weighted by Crippen LogP contribution is -2.31. The van der Waals surface area contributed by atoms with Crippen molar-refractivity contribution in [2.75, 3.05) is 19.4 Å². The molecule has 4 heteroatoms. The van der Waals surface area contributed by atoms with Crippen LogP contribution in [-0.4, -0.2) is 25.7 Å². The Bertz CT molecular complexity index is 377. The van der Waals surface area contributed by atoms with Crippen LogP contribution in [0, 0.1) is 6.92 Å². The van der Waals surface area contributed by atoms with E-state index in [1.165, 1.54) is 0 Å². The predicted octanol–water partition coefficient (Wildman–Crippen LogP) is 1.34. The SMILES string of the molecule is COC(C)CNC(=O)c1ccc(N)cc1C. The molecule has 0 saturated carbocycles. The maximum Gasteiger partial charge on any atom is 0.251 e. The van der Waals surface area contributed by atoms with E-state index in [1.807, 2.05) is 13.8 Å². The summed E-state index contributed by atoms with van der Waals surface area (Å²) in [6, 6.07) is 5.24. The summed E-state index contributed by atoms with van der Waals surface area (Å²) in [4.78, 5) is 11.8. The van der Waals surface area contributed by atoms with Gasteiger partial charge in [0.25, 0.3) is 5.91 Å². The molecule has 0 radical (unpaired) electrons. The molecule has 0 aliphatic carbocycles. The highest BCUT2D eigenvalue weighted by Crippen LogP contribution is 2.12. The number of carbonyl (C=O) groups excluding carboxylic acids is 1. The summed E-state index contributed by atoms with van der Waals surface area (Å²) in [7, 11) is 1.62. The fourth-order valence-corrected chi connectivity index (χ4v) is 1.36. The zero-order chi connectivity index (χ0) is 12.1. The number of rotatable bonds is 4. The molecule has 0 saturated heterocycles. The zero-order valence-corrected chi connectivity index (χ0v) is 9.91. The van der Waals surface area contributed by atoms with Crippen LogP contribution in [0.5, 0.6) is 0 Å². The normalized spacial score (nSPS) is 12.2. The number of ether oxygens (including phenoxy) is 1. The number of amides is 1. The Morgan fingerprint density at radius 2 is 2.25 bits per heavy atom. The summed E-state index contributed by atoms with van der Waals surface area (Å²) in [5, 5.41) is 2.81. The largest absolute Gasteiger partial charge is 0.399 e. The zero-order valence-electron chi connectivity index (χ0n) is 9.91. The minimum Gasteiger partial charge on any atom is -0.399 e. The first kappa shape index (κ1) is 12.5. The number of anilines is 1. The van der Waals surface area contributed by atoms with E-state index in [0.29, 0.717) is 17.8 Å². The topological polar surface area (TPSA) is 64.3 Å². The van der Waals surface area contributed by atoms with Crippen molar-refractivity contribution in [3.8, 4) is 0 Å². The van der Waals surface area contributed by atoms with Crippen molar-refractivity contribution in [1.29, 1.82) is 0 Å². The summed E-state index contributed by atoms with van der Waals surface area (Å²) in [5.41, 5.74) is 7.81. The fraction of sp³-hybridized carbons (Fsp3) is 0.417. The molecule has 1 amide bonds. The van der Waals surface area contributed by atoms with E-state index in [1.54, 1.807) is 25.3 Å². The number of hydrogen-bond acceptors (Lipinski definition) is 3. The average Bonchev–Trinajstić information content (AvgIpc) is 2.25. The van der Waals surface area contributed by atoms with E-state index >= 15 is 0 Å². The Hall–Kier alpha value is -1.55. The number of carbonyl (C=O) groups is 1. The van der Waals surface area contributed by atoms with Gasteiger partial charge in [-0.3, -0.25) is 4.79 Å². The van der Waals surface area contributed by atoms with Gasteiger partial charge in [-0.05, 0) is 37.6 Å². The number of aryl methyl sites for hydroxylation is 1. The van der Waals surface area contributed by atoms with Crippen LogP contribution in [0.1, 0.15) is 22.8 Å². The molecular weight excluding hydrogens is 204 g/mol. The number of hydrogen-bond donors (Lipinski definition) is 2. The summed E-state index contributed by atoms with van der Waals surface area (Å²) in [6.45, 7) is 4.26. The Morgan fingerprint density at radius 1 is 1.56 bits per heavy atom. The van der Waals surface area contributed by atoms with E-state index in [-0.39, 0.29) is 12.0 Å². The van der Waals surface area contributed by atoms with Crippen molar-refractivity contribution in [1.82, 2.24) is 5.32 Å². The van der Waals surface area contributed by atoms with Gasteiger partial charge in [0.05, 0.1) is 6.10 Å². The molecular formula is C12H18N2O2. The lowest BCUT2D eigenvalue weighted by atomic mass is 10.1. The standard InChI is InChI=1S/C12H18N2O2/c1-8-6-10(13)4-5-11(8)12(15)14-7-9(2)16-3/h4-6,9H,7,13H2,1-3H3,(H,14,15). The van der Waals surface area contributed by atoms with E-state index in [0.717, 1.165) is 5.56 Å². The van der Waals surface area contributed by atoms with Gasteiger partial charge in [-0.2, -0.15) is 0 Å². The highest BCUT2D eigenvalue weighted by atomic mass is 16.5. The van der Waals surface area contributed by atoms with E-state index in [9.17, 15) is 4.79 Å². The van der Waals surface area contributed by atoms with Gasteiger partial charge < -0.3 is 15.8 Å². The second-order valence-electron chi connectivity index (χ2n) is 3.83. The van der Waals surface area contributed by atoms with Crippen LogP contribution in [-0.2, 0) is 4.74 Å². The van der Waals surface area contributed by atoms with Gasteiger partial charge in [-0.1, -0.05) is 0 Å². The molecule has 0 bridgehead atoms. The first-order valence-electron chi connectivity index (χ1n) is 5.21. The molecule has 1 aromatic rings. The van der Waals surface area contributed by atoms with Gasteiger partial charge in [-0.25, -0.2) is 0 Å². The second-order valence-corrected chi connectivity index (χ2v) is 3.83. The van der Waals surface area contributed by atoms with E-state index in [4.69, 9.17) is 10.5 Å². The fourth-order valence-electron chi connectivity index (χ4n) is 1.36. The van der Waals surface area contributed by atoms with Crippen molar-refractivity contribution in [2.24, 2.45) is 0 Å². The molecule has 0 aliphatic heterocycles. The summed E-state index contributed by atoms with van der Waals surface area (Å²) < 4.78 is 5.05. The monoisotopic (exact) mass is 222 g/mol. The van der Waals surface area contributed by atoms with Crippen molar-refractivity contribution in [3.05, 3.63) is 29.3 Å². The maximum atomic E-state index is 11.8. The molecule has 0 fully saturated rings. The lowest BCUT2D eigenvalue weighted by molar-refractivity contribution is 0.0870. The highest BCUT2D eigenvalue weighted by molar-refractivity contribution is 5.96. The molecule has 1 atom stereocenters. The van der Waals surface area contributed by atoms with Crippen LogP contribution in [0.25, 0.3) is 0 Å². The van der Waals surface area contributed by atoms with Crippen molar-refractivity contribution >= 4 is 11.6 Å². The van der Waals surface area contributed by atoms with Crippen LogP contribution < -0.4 is 11.1 Å². The van der Waals surface area contributed by atoms with E-state index < -0.39 is 0 Å². The number of nitrogens with two attached hydrogens (primary N) is 1. The van der Waals surface area contributed by atoms with Gasteiger partial charge in [0.2, 0.25) is 0 Å². The first-order valence-corrected chi connectivity index (χ1v) is 5.21. The molecule has 1 unspecified atom stereocenters. The molecule has 4 nitrogen and oxygen atoms in total. The Labute approximate surface area is 95.8 Å². The lowest BCUT2D eigenvalue weighted by Gasteiger charge is -2.12. The molecule has 0 aromatic heterocycles. The maximum absolute atomic E-state index is 11.8. The Kier molecular flexibility index (Phi) is 4.31. The number of nitrogens with one attached hydrogen (secondary N) is 1. The predicted molar refractivity (Wildman–Crippen MR) is 64.4 cm³/mol. The Balaban J connectivity index is 2.66. The molecule has 0 aliphatic rings. The number of methoxy groups -OCH3 is 1. The molecule has 16 heavy (non-hydrogen) atoms. The van der Waals surface area contributed by atoms with Crippen LogP contribution in [0.3, 0.4) is 0 Å². The van der Waals surface area contributed by atoms with Gasteiger partial charge in [0, 0.05) is 24.9 Å². The molecule has 88 valence electrons. The van der Waals surface area contributed by atoms with Crippen LogP contribution in [0.15, 0.2) is 18.2 Å². The Morgan fingerprint density at radius 3 is 2.81 bits per heavy atom. The molecule has 1 rings (SSSR count). The second kappa shape index (κ2) is 5.51. The van der Waals surface area contributed by atoms with Crippen LogP contribution >= 0.6 is 0 Å².